The van der Waals surface area contributed by atoms with Gasteiger partial charge in [0.15, 0.2) is 0 Å². The summed E-state index contributed by atoms with van der Waals surface area (Å²) >= 11 is 0. The van der Waals surface area contributed by atoms with Crippen LogP contribution in [-0.2, 0) is 4.74 Å². The molecule has 2 atom stereocenters. The lowest BCUT2D eigenvalue weighted by Gasteiger charge is -2.07. The molecule has 1 fully saturated rings. The number of aliphatic imine (C=N–C) groups is 1. The van der Waals surface area contributed by atoms with Gasteiger partial charge in [0.2, 0.25) is 5.90 Å². The molecule has 1 aromatic carbocycles. The highest BCUT2D eigenvalue weighted by Crippen LogP contribution is 2.48. The minimum absolute atomic E-state index is 0.130. The van der Waals surface area contributed by atoms with E-state index in [4.69, 9.17) is 9.73 Å². The normalized spacial score (nSPS) is 25.5. The molecule has 0 radical (unpaired) electrons. The smallest absolute Gasteiger partial charge is 0.210 e. The van der Waals surface area contributed by atoms with E-state index in [2.05, 4.69) is 54.1 Å². The molecule has 1 saturated heterocycles. The largest absolute Gasteiger partial charge is 0.477 e. The van der Waals surface area contributed by atoms with Crippen molar-refractivity contribution in [3.63, 3.8) is 0 Å². The maximum atomic E-state index is 5.88. The highest BCUT2D eigenvalue weighted by atomic mass is 16.5. The Morgan fingerprint density at radius 1 is 1.05 bits per heavy atom. The quantitative estimate of drug-likeness (QED) is 0.815. The van der Waals surface area contributed by atoms with E-state index in [1.165, 1.54) is 5.69 Å². The Kier molecular flexibility index (Phi) is 2.93. The van der Waals surface area contributed by atoms with Crippen LogP contribution in [0.5, 0.6) is 0 Å². The van der Waals surface area contributed by atoms with Crippen LogP contribution in [0, 0.1) is 0 Å². The molecule has 0 spiro atoms. The van der Waals surface area contributed by atoms with Crippen LogP contribution < -0.4 is 4.90 Å². The second-order valence-electron chi connectivity index (χ2n) is 6.44. The zero-order valence-electron chi connectivity index (χ0n) is 12.8. The first-order valence-electron chi connectivity index (χ1n) is 7.63. The summed E-state index contributed by atoms with van der Waals surface area (Å²) in [4.78, 5) is 11.6. The van der Waals surface area contributed by atoms with Crippen LogP contribution in [0.4, 0.5) is 5.69 Å². The van der Waals surface area contributed by atoms with Gasteiger partial charge in [-0.25, -0.2) is 4.99 Å². The summed E-state index contributed by atoms with van der Waals surface area (Å²) in [5.74, 6) is 0.838. The Labute approximate surface area is 130 Å². The van der Waals surface area contributed by atoms with Gasteiger partial charge >= 0.3 is 0 Å². The molecule has 0 N–H and O–H groups in total. The molecule has 0 aliphatic carbocycles. The summed E-state index contributed by atoms with van der Waals surface area (Å²) < 4.78 is 5.88. The molecular weight excluding hydrogens is 274 g/mol. The van der Waals surface area contributed by atoms with E-state index < -0.39 is 0 Å². The number of hydrogen-bond donors (Lipinski definition) is 0. The molecule has 1 unspecified atom stereocenters. The van der Waals surface area contributed by atoms with Gasteiger partial charge in [0.1, 0.15) is 18.7 Å². The SMILES string of the molecule is CC1(C)COC(C2[C@@H](c3ccccn3)N2c2ccccc2)=N1. The third-order valence-electron chi connectivity index (χ3n) is 4.09. The molecule has 1 aromatic heterocycles. The fraction of sp³-hybridized carbons (Fsp3) is 0.333. The molecule has 0 bridgehead atoms. The van der Waals surface area contributed by atoms with Crippen LogP contribution >= 0.6 is 0 Å². The predicted octanol–water partition coefficient (Wildman–Crippen LogP) is 3.22. The van der Waals surface area contributed by atoms with Crippen LogP contribution in [0.15, 0.2) is 59.7 Å². The lowest BCUT2D eigenvalue weighted by molar-refractivity contribution is 0.275. The Morgan fingerprint density at radius 2 is 1.82 bits per heavy atom. The molecule has 112 valence electrons. The number of pyridine rings is 1. The first-order chi connectivity index (χ1) is 10.7. The van der Waals surface area contributed by atoms with Crippen LogP contribution in [-0.4, -0.2) is 29.1 Å². The molecule has 4 nitrogen and oxygen atoms in total. The van der Waals surface area contributed by atoms with Crippen molar-refractivity contribution in [2.75, 3.05) is 11.5 Å². The van der Waals surface area contributed by atoms with Gasteiger partial charge in [-0.15, -0.1) is 0 Å². The lowest BCUT2D eigenvalue weighted by atomic mass is 10.1. The van der Waals surface area contributed by atoms with E-state index in [0.29, 0.717) is 6.61 Å². The van der Waals surface area contributed by atoms with Crippen molar-refractivity contribution in [1.82, 2.24) is 4.98 Å². The highest BCUT2D eigenvalue weighted by molar-refractivity contribution is 5.94. The van der Waals surface area contributed by atoms with Crippen molar-refractivity contribution in [2.24, 2.45) is 4.99 Å². The van der Waals surface area contributed by atoms with Gasteiger partial charge in [0.05, 0.1) is 11.2 Å². The molecule has 0 amide bonds. The summed E-state index contributed by atoms with van der Waals surface area (Å²) in [6.07, 6.45) is 1.84. The van der Waals surface area contributed by atoms with Crippen LogP contribution in [0.1, 0.15) is 25.6 Å². The lowest BCUT2D eigenvalue weighted by Crippen LogP contribution is -2.17. The van der Waals surface area contributed by atoms with Crippen molar-refractivity contribution in [2.45, 2.75) is 31.5 Å². The highest BCUT2D eigenvalue weighted by Gasteiger charge is 2.55. The number of rotatable bonds is 3. The molecular formula is C18H19N3O. The van der Waals surface area contributed by atoms with E-state index in [-0.39, 0.29) is 17.6 Å². The monoisotopic (exact) mass is 293 g/mol. The van der Waals surface area contributed by atoms with E-state index in [9.17, 15) is 0 Å². The number of aromatic nitrogens is 1. The van der Waals surface area contributed by atoms with Gasteiger partial charge in [0.25, 0.3) is 0 Å². The second kappa shape index (κ2) is 4.83. The average molecular weight is 293 g/mol. The number of benzene rings is 1. The number of nitrogens with zero attached hydrogens (tertiary/aromatic N) is 3. The van der Waals surface area contributed by atoms with Gasteiger partial charge in [-0.05, 0) is 38.1 Å². The average Bonchev–Trinajstić information content (AvgIpc) is 3.19. The van der Waals surface area contributed by atoms with E-state index in [1.54, 1.807) is 0 Å². The Hall–Kier alpha value is -2.36. The standard InChI is InChI=1S/C18H19N3O/c1-18(2)12-22-17(20-18)16-15(14-10-6-7-11-19-14)21(16)13-8-4-3-5-9-13/h3-11,15-16H,12H2,1-2H3/t15-,16?,21?/m1/s1. The van der Waals surface area contributed by atoms with E-state index in [1.807, 2.05) is 24.4 Å². The molecule has 22 heavy (non-hydrogen) atoms. The van der Waals surface area contributed by atoms with Gasteiger partial charge < -0.3 is 9.64 Å². The van der Waals surface area contributed by atoms with E-state index in [0.717, 1.165) is 11.6 Å². The number of ether oxygens (including phenoxy) is 1. The van der Waals surface area contributed by atoms with Crippen molar-refractivity contribution in [1.29, 1.82) is 0 Å². The fourth-order valence-corrected chi connectivity index (χ4v) is 3.03. The number of para-hydroxylation sites is 1. The zero-order chi connectivity index (χ0) is 15.2. The molecule has 2 aromatic rings. The van der Waals surface area contributed by atoms with Crippen LogP contribution in [0.25, 0.3) is 0 Å². The summed E-state index contributed by atoms with van der Waals surface area (Å²) in [6.45, 7) is 4.85. The topological polar surface area (TPSA) is 37.5 Å². The summed E-state index contributed by atoms with van der Waals surface area (Å²) in [5.41, 5.74) is 2.11. The van der Waals surface area contributed by atoms with Crippen LogP contribution in [0.3, 0.4) is 0 Å². The summed E-state index contributed by atoms with van der Waals surface area (Å²) in [5, 5.41) is 0. The zero-order valence-corrected chi connectivity index (χ0v) is 12.8. The molecule has 2 aliphatic rings. The van der Waals surface area contributed by atoms with Crippen molar-refractivity contribution < 1.29 is 4.74 Å². The van der Waals surface area contributed by atoms with Gasteiger partial charge in [-0.3, -0.25) is 4.98 Å². The Balaban J connectivity index is 1.70. The minimum atomic E-state index is -0.130. The Morgan fingerprint density at radius 3 is 2.45 bits per heavy atom. The third kappa shape index (κ3) is 2.25. The predicted molar refractivity (Wildman–Crippen MR) is 87.2 cm³/mol. The first-order valence-corrected chi connectivity index (χ1v) is 7.63. The van der Waals surface area contributed by atoms with Crippen molar-refractivity contribution in [3.8, 4) is 0 Å². The minimum Gasteiger partial charge on any atom is -0.477 e. The molecule has 0 saturated carbocycles. The summed E-state index contributed by atoms with van der Waals surface area (Å²) in [6, 6.07) is 16.8. The molecule has 3 heterocycles. The van der Waals surface area contributed by atoms with Gasteiger partial charge in [-0.2, -0.15) is 0 Å². The number of hydrogen-bond acceptors (Lipinski definition) is 4. The maximum Gasteiger partial charge on any atom is 0.210 e. The summed E-state index contributed by atoms with van der Waals surface area (Å²) in [7, 11) is 0. The second-order valence-corrected chi connectivity index (χ2v) is 6.44. The number of anilines is 1. The maximum absolute atomic E-state index is 5.88. The molecule has 2 aliphatic heterocycles. The van der Waals surface area contributed by atoms with E-state index >= 15 is 0 Å². The van der Waals surface area contributed by atoms with Gasteiger partial charge in [-0.1, -0.05) is 24.3 Å². The molecule has 4 heteroatoms. The third-order valence-corrected chi connectivity index (χ3v) is 4.09. The van der Waals surface area contributed by atoms with Gasteiger partial charge in [0, 0.05) is 11.9 Å². The van der Waals surface area contributed by atoms with Crippen molar-refractivity contribution in [3.05, 3.63) is 60.4 Å². The van der Waals surface area contributed by atoms with Crippen molar-refractivity contribution >= 4 is 11.6 Å². The fourth-order valence-electron chi connectivity index (χ4n) is 3.03. The Bertz CT molecular complexity index is 651. The van der Waals surface area contributed by atoms with Crippen LogP contribution in [0.2, 0.25) is 0 Å². The molecule has 4 rings (SSSR count). The first kappa shape index (κ1) is 13.3.